The van der Waals surface area contributed by atoms with Crippen LogP contribution in [-0.4, -0.2) is 47.3 Å². The number of carbonyl (C=O) groups excluding carboxylic acids is 1. The Bertz CT molecular complexity index is 317. The third kappa shape index (κ3) is 3.96. The van der Waals surface area contributed by atoms with Gasteiger partial charge in [0.25, 0.3) is 0 Å². The SMILES string of the molecule is CC1(C)CCCNC1C(=O)NCCC(O)C(=O)O. The van der Waals surface area contributed by atoms with Gasteiger partial charge < -0.3 is 20.8 Å². The standard InChI is InChI=1S/C12H22N2O4/c1-12(2)5-3-6-13-9(12)10(16)14-7-4-8(15)11(17)18/h8-9,13,15H,3-7H2,1-2H3,(H,14,16)(H,17,18). The highest BCUT2D eigenvalue weighted by Gasteiger charge is 2.36. The van der Waals surface area contributed by atoms with E-state index >= 15 is 0 Å². The molecule has 0 saturated carbocycles. The molecule has 1 saturated heterocycles. The van der Waals surface area contributed by atoms with Crippen molar-refractivity contribution in [3.8, 4) is 0 Å². The highest BCUT2D eigenvalue weighted by molar-refractivity contribution is 5.82. The first kappa shape index (κ1) is 14.9. The summed E-state index contributed by atoms with van der Waals surface area (Å²) in [6.45, 7) is 5.06. The molecule has 0 aromatic rings. The van der Waals surface area contributed by atoms with Crippen LogP contribution in [0.3, 0.4) is 0 Å². The minimum absolute atomic E-state index is 0.0220. The van der Waals surface area contributed by atoms with Crippen molar-refractivity contribution in [3.05, 3.63) is 0 Å². The molecule has 1 rings (SSSR count). The summed E-state index contributed by atoms with van der Waals surface area (Å²) in [6, 6.07) is -0.256. The number of hydrogen-bond donors (Lipinski definition) is 4. The number of nitrogens with one attached hydrogen (secondary N) is 2. The van der Waals surface area contributed by atoms with Gasteiger partial charge in [-0.25, -0.2) is 4.79 Å². The molecule has 4 N–H and O–H groups in total. The molecule has 1 aliphatic heterocycles. The minimum atomic E-state index is -1.42. The van der Waals surface area contributed by atoms with Gasteiger partial charge in [0.1, 0.15) is 0 Å². The second-order valence-corrected chi connectivity index (χ2v) is 5.41. The second kappa shape index (κ2) is 6.15. The van der Waals surface area contributed by atoms with Gasteiger partial charge in [0, 0.05) is 13.0 Å². The molecule has 1 aliphatic rings. The Morgan fingerprint density at radius 2 is 2.17 bits per heavy atom. The van der Waals surface area contributed by atoms with Crippen LogP contribution in [0.25, 0.3) is 0 Å². The van der Waals surface area contributed by atoms with Gasteiger partial charge in [-0.3, -0.25) is 4.79 Å². The fraction of sp³-hybridized carbons (Fsp3) is 0.833. The van der Waals surface area contributed by atoms with Crippen LogP contribution in [0.5, 0.6) is 0 Å². The minimum Gasteiger partial charge on any atom is -0.479 e. The van der Waals surface area contributed by atoms with Crippen LogP contribution in [-0.2, 0) is 9.59 Å². The molecular formula is C12H22N2O4. The lowest BCUT2D eigenvalue weighted by atomic mass is 9.77. The van der Waals surface area contributed by atoms with Gasteiger partial charge in [-0.05, 0) is 24.8 Å². The molecule has 2 unspecified atom stereocenters. The average Bonchev–Trinajstić information content (AvgIpc) is 2.27. The number of aliphatic carboxylic acids is 1. The van der Waals surface area contributed by atoms with E-state index in [9.17, 15) is 9.59 Å². The van der Waals surface area contributed by atoms with Gasteiger partial charge in [-0.2, -0.15) is 0 Å². The molecule has 0 aromatic heterocycles. The average molecular weight is 258 g/mol. The van der Waals surface area contributed by atoms with Gasteiger partial charge in [0.15, 0.2) is 6.10 Å². The van der Waals surface area contributed by atoms with Crippen LogP contribution in [0.15, 0.2) is 0 Å². The Morgan fingerprint density at radius 1 is 1.50 bits per heavy atom. The maximum absolute atomic E-state index is 12.0. The Hall–Kier alpha value is -1.14. The van der Waals surface area contributed by atoms with E-state index in [-0.39, 0.29) is 30.3 Å². The Morgan fingerprint density at radius 3 is 2.72 bits per heavy atom. The van der Waals surface area contributed by atoms with E-state index in [0.717, 1.165) is 19.4 Å². The first-order chi connectivity index (χ1) is 8.34. The number of rotatable bonds is 5. The van der Waals surface area contributed by atoms with E-state index in [1.165, 1.54) is 0 Å². The molecule has 1 fully saturated rings. The van der Waals surface area contributed by atoms with Crippen LogP contribution >= 0.6 is 0 Å². The molecule has 0 aliphatic carbocycles. The first-order valence-corrected chi connectivity index (χ1v) is 6.26. The van der Waals surface area contributed by atoms with Gasteiger partial charge >= 0.3 is 5.97 Å². The van der Waals surface area contributed by atoms with Crippen molar-refractivity contribution in [2.24, 2.45) is 5.41 Å². The molecule has 0 radical (unpaired) electrons. The summed E-state index contributed by atoms with van der Waals surface area (Å²) < 4.78 is 0. The van der Waals surface area contributed by atoms with Crippen molar-refractivity contribution in [1.82, 2.24) is 10.6 Å². The monoisotopic (exact) mass is 258 g/mol. The zero-order valence-corrected chi connectivity index (χ0v) is 10.9. The Labute approximate surface area is 107 Å². The zero-order valence-electron chi connectivity index (χ0n) is 10.9. The van der Waals surface area contributed by atoms with E-state index in [1.54, 1.807) is 0 Å². The molecule has 1 heterocycles. The van der Waals surface area contributed by atoms with Gasteiger partial charge in [0.2, 0.25) is 5.91 Å². The highest BCUT2D eigenvalue weighted by atomic mass is 16.4. The predicted octanol–water partition coefficient (Wildman–Crippen LogP) is -0.284. The molecule has 6 nitrogen and oxygen atoms in total. The van der Waals surface area contributed by atoms with Crippen LogP contribution < -0.4 is 10.6 Å². The molecule has 6 heteroatoms. The Kier molecular flexibility index (Phi) is 5.10. The lowest BCUT2D eigenvalue weighted by Crippen LogP contribution is -2.55. The molecule has 18 heavy (non-hydrogen) atoms. The number of amides is 1. The predicted molar refractivity (Wildman–Crippen MR) is 66.1 cm³/mol. The summed E-state index contributed by atoms with van der Waals surface area (Å²) >= 11 is 0. The number of aliphatic hydroxyl groups excluding tert-OH is 1. The summed E-state index contributed by atoms with van der Waals surface area (Å²) in [6.07, 6.45) is 0.635. The molecule has 1 amide bonds. The van der Waals surface area contributed by atoms with E-state index in [4.69, 9.17) is 10.2 Å². The summed E-state index contributed by atoms with van der Waals surface area (Å²) in [4.78, 5) is 22.4. The third-order valence-corrected chi connectivity index (χ3v) is 3.39. The quantitative estimate of drug-likeness (QED) is 0.543. The van der Waals surface area contributed by atoms with Crippen molar-refractivity contribution in [2.45, 2.75) is 45.3 Å². The molecular weight excluding hydrogens is 236 g/mol. The highest BCUT2D eigenvalue weighted by Crippen LogP contribution is 2.29. The number of carboxylic acids is 1. The van der Waals surface area contributed by atoms with Crippen molar-refractivity contribution in [3.63, 3.8) is 0 Å². The number of carbonyl (C=O) groups is 2. The van der Waals surface area contributed by atoms with Gasteiger partial charge in [-0.15, -0.1) is 0 Å². The lowest BCUT2D eigenvalue weighted by molar-refractivity contribution is -0.147. The second-order valence-electron chi connectivity index (χ2n) is 5.41. The van der Waals surface area contributed by atoms with E-state index in [1.807, 2.05) is 13.8 Å². The number of hydrogen-bond acceptors (Lipinski definition) is 4. The van der Waals surface area contributed by atoms with Crippen LogP contribution in [0.1, 0.15) is 33.1 Å². The smallest absolute Gasteiger partial charge is 0.332 e. The molecule has 2 atom stereocenters. The molecule has 0 bridgehead atoms. The Balaban J connectivity index is 2.38. The van der Waals surface area contributed by atoms with Crippen LogP contribution in [0.4, 0.5) is 0 Å². The van der Waals surface area contributed by atoms with Crippen molar-refractivity contribution < 1.29 is 19.8 Å². The normalized spacial score (nSPS) is 24.3. The van der Waals surface area contributed by atoms with Crippen LogP contribution in [0, 0.1) is 5.41 Å². The van der Waals surface area contributed by atoms with Crippen molar-refractivity contribution in [1.29, 1.82) is 0 Å². The summed E-state index contributed by atoms with van der Waals surface area (Å²) in [5.74, 6) is -1.39. The van der Waals surface area contributed by atoms with Gasteiger partial charge in [0.05, 0.1) is 6.04 Å². The number of carboxylic acid groups (broad SMARTS) is 1. The topological polar surface area (TPSA) is 98.7 Å². The number of piperidine rings is 1. The maximum atomic E-state index is 12.0. The fourth-order valence-corrected chi connectivity index (χ4v) is 2.22. The van der Waals surface area contributed by atoms with Crippen molar-refractivity contribution in [2.75, 3.05) is 13.1 Å². The fourth-order valence-electron chi connectivity index (χ4n) is 2.22. The zero-order chi connectivity index (χ0) is 13.8. The summed E-state index contributed by atoms with van der Waals surface area (Å²) in [7, 11) is 0. The van der Waals surface area contributed by atoms with Crippen LogP contribution in [0.2, 0.25) is 0 Å². The first-order valence-electron chi connectivity index (χ1n) is 6.26. The largest absolute Gasteiger partial charge is 0.479 e. The number of aliphatic hydroxyl groups is 1. The molecule has 0 spiro atoms. The third-order valence-electron chi connectivity index (χ3n) is 3.39. The van der Waals surface area contributed by atoms with E-state index in [2.05, 4.69) is 10.6 Å². The lowest BCUT2D eigenvalue weighted by Gasteiger charge is -2.38. The summed E-state index contributed by atoms with van der Waals surface area (Å²) in [5.41, 5.74) is -0.103. The van der Waals surface area contributed by atoms with E-state index < -0.39 is 12.1 Å². The molecule has 104 valence electrons. The van der Waals surface area contributed by atoms with Crippen molar-refractivity contribution >= 4 is 11.9 Å². The maximum Gasteiger partial charge on any atom is 0.332 e. The summed E-state index contributed by atoms with van der Waals surface area (Å²) in [5, 5.41) is 23.4. The van der Waals surface area contributed by atoms with Gasteiger partial charge in [-0.1, -0.05) is 13.8 Å². The molecule has 0 aromatic carbocycles. The van der Waals surface area contributed by atoms with E-state index in [0.29, 0.717) is 0 Å².